The number of hydrogen-bond donors (Lipinski definition) is 1. The van der Waals surface area contributed by atoms with E-state index in [2.05, 4.69) is 19.2 Å². The van der Waals surface area contributed by atoms with Crippen LogP contribution in [-0.2, 0) is 14.9 Å². The molecular weight excluding hydrogens is 369 g/mol. The van der Waals surface area contributed by atoms with Gasteiger partial charge in [-0.3, -0.25) is 4.79 Å². The second-order valence-electron chi connectivity index (χ2n) is 5.17. The molecule has 0 aromatic carbocycles. The van der Waals surface area contributed by atoms with Crippen molar-refractivity contribution >= 4 is 22.0 Å². The fourth-order valence-electron chi connectivity index (χ4n) is 1.70. The highest BCUT2D eigenvalue weighted by Crippen LogP contribution is 2.29. The van der Waals surface area contributed by atoms with Gasteiger partial charge < -0.3 is 14.2 Å². The van der Waals surface area contributed by atoms with Crippen LogP contribution in [0.2, 0.25) is 0 Å². The Morgan fingerprint density at radius 1 is 1.32 bits per heavy atom. The summed E-state index contributed by atoms with van der Waals surface area (Å²) in [6.45, 7) is 0.398. The van der Waals surface area contributed by atoms with Gasteiger partial charge in [-0.05, 0) is 30.9 Å². The van der Waals surface area contributed by atoms with Crippen molar-refractivity contribution in [2.75, 3.05) is 13.7 Å². The van der Waals surface area contributed by atoms with Gasteiger partial charge in [0.1, 0.15) is 5.69 Å². The molecule has 1 amide bonds. The minimum atomic E-state index is -6.01. The molecule has 0 spiro atoms. The quantitative estimate of drug-likeness (QED) is 0.447. The smallest absolute Gasteiger partial charge is 0.464 e. The first-order valence-electron chi connectivity index (χ1n) is 6.93. The van der Waals surface area contributed by atoms with E-state index in [-0.39, 0.29) is 5.69 Å². The Morgan fingerprint density at radius 3 is 2.48 bits per heavy atom. The molecule has 1 heterocycles. The van der Waals surface area contributed by atoms with Crippen LogP contribution in [0, 0.1) is 5.92 Å². The Bertz CT molecular complexity index is 789. The van der Waals surface area contributed by atoms with E-state index in [1.165, 1.54) is 0 Å². The van der Waals surface area contributed by atoms with Crippen LogP contribution >= 0.6 is 0 Å². The zero-order valence-corrected chi connectivity index (χ0v) is 13.6. The van der Waals surface area contributed by atoms with E-state index < -0.39 is 38.9 Å². The highest BCUT2D eigenvalue weighted by molar-refractivity contribution is 7.88. The molecule has 0 unspecified atom stereocenters. The number of carbonyl (C=O) groups excluding carboxylic acids is 2. The number of halogens is 3. The van der Waals surface area contributed by atoms with Crippen molar-refractivity contribution in [3.8, 4) is 5.75 Å². The third-order valence-corrected chi connectivity index (χ3v) is 4.17. The number of nitrogens with one attached hydrogen (secondary N) is 1. The molecule has 12 heteroatoms. The van der Waals surface area contributed by atoms with Crippen molar-refractivity contribution in [1.29, 1.82) is 0 Å². The summed E-state index contributed by atoms with van der Waals surface area (Å²) >= 11 is 0. The van der Waals surface area contributed by atoms with Crippen LogP contribution in [0.5, 0.6) is 5.75 Å². The maximum absolute atomic E-state index is 12.4. The Balaban J connectivity index is 2.30. The summed E-state index contributed by atoms with van der Waals surface area (Å²) in [6.07, 6.45) is 1.95. The number of ether oxygens (including phenoxy) is 1. The standard InChI is InChI=1S/C13H13F3N2O6S/c1-23-12(20)10-9(24-25(21,22)13(14,15)16)5-4-8(18-10)11(19)17-6-7-2-3-7/h4-5,7H,2-3,6H2,1H3,(H,17,19). The molecule has 1 aliphatic rings. The van der Waals surface area contributed by atoms with Gasteiger partial charge in [-0.1, -0.05) is 0 Å². The highest BCUT2D eigenvalue weighted by Gasteiger charge is 2.49. The van der Waals surface area contributed by atoms with Gasteiger partial charge in [0, 0.05) is 6.54 Å². The maximum Gasteiger partial charge on any atom is 0.534 e. The molecule has 0 radical (unpaired) electrons. The van der Waals surface area contributed by atoms with Crippen LogP contribution in [0.3, 0.4) is 0 Å². The second kappa shape index (κ2) is 6.86. The first-order chi connectivity index (χ1) is 11.5. The van der Waals surface area contributed by atoms with Crippen LogP contribution in [0.4, 0.5) is 13.2 Å². The van der Waals surface area contributed by atoms with Crippen LogP contribution in [-0.4, -0.2) is 44.4 Å². The summed E-state index contributed by atoms with van der Waals surface area (Å²) in [5.74, 6) is -2.56. The van der Waals surface area contributed by atoms with Gasteiger partial charge in [0.05, 0.1) is 7.11 Å². The van der Waals surface area contributed by atoms with Gasteiger partial charge in [-0.2, -0.15) is 21.6 Å². The molecule has 8 nitrogen and oxygen atoms in total. The Morgan fingerprint density at radius 2 is 1.96 bits per heavy atom. The fourth-order valence-corrected chi connectivity index (χ4v) is 2.16. The summed E-state index contributed by atoms with van der Waals surface area (Å²) in [4.78, 5) is 27.1. The molecular formula is C13H13F3N2O6S. The number of aromatic nitrogens is 1. The van der Waals surface area contributed by atoms with E-state index in [1.807, 2.05) is 0 Å². The fraction of sp³-hybridized carbons (Fsp3) is 0.462. The third kappa shape index (κ3) is 4.59. The zero-order chi connectivity index (χ0) is 18.8. The third-order valence-electron chi connectivity index (χ3n) is 3.20. The number of alkyl halides is 3. The lowest BCUT2D eigenvalue weighted by atomic mass is 10.2. The van der Waals surface area contributed by atoms with E-state index in [0.29, 0.717) is 12.5 Å². The topological polar surface area (TPSA) is 112 Å². The van der Waals surface area contributed by atoms with Crippen molar-refractivity contribution in [3.63, 3.8) is 0 Å². The lowest BCUT2D eigenvalue weighted by Gasteiger charge is -2.12. The van der Waals surface area contributed by atoms with Gasteiger partial charge in [0.2, 0.25) is 0 Å². The highest BCUT2D eigenvalue weighted by atomic mass is 32.2. The summed E-state index contributed by atoms with van der Waals surface area (Å²) in [6, 6.07) is 1.67. The number of hydrogen-bond acceptors (Lipinski definition) is 7. The number of esters is 1. The molecule has 0 saturated heterocycles. The number of pyridine rings is 1. The SMILES string of the molecule is COC(=O)c1nc(C(=O)NCC2CC2)ccc1OS(=O)(=O)C(F)(F)F. The van der Waals surface area contributed by atoms with E-state index in [0.717, 1.165) is 32.1 Å². The van der Waals surface area contributed by atoms with Gasteiger partial charge in [-0.15, -0.1) is 0 Å². The monoisotopic (exact) mass is 382 g/mol. The van der Waals surface area contributed by atoms with Crippen LogP contribution in [0.25, 0.3) is 0 Å². The number of carbonyl (C=O) groups is 2. The predicted molar refractivity (Wildman–Crippen MR) is 76.2 cm³/mol. The second-order valence-corrected chi connectivity index (χ2v) is 6.71. The molecule has 1 fully saturated rings. The van der Waals surface area contributed by atoms with E-state index in [9.17, 15) is 31.2 Å². The molecule has 1 N–H and O–H groups in total. The van der Waals surface area contributed by atoms with Crippen molar-refractivity contribution in [2.45, 2.75) is 18.3 Å². The molecule has 0 atom stereocenters. The van der Waals surface area contributed by atoms with E-state index in [4.69, 9.17) is 0 Å². The lowest BCUT2D eigenvalue weighted by molar-refractivity contribution is -0.0500. The van der Waals surface area contributed by atoms with Crippen molar-refractivity contribution in [2.24, 2.45) is 5.92 Å². The first-order valence-corrected chi connectivity index (χ1v) is 8.34. The molecule has 0 bridgehead atoms. The lowest BCUT2D eigenvalue weighted by Crippen LogP contribution is -2.30. The molecule has 25 heavy (non-hydrogen) atoms. The summed E-state index contributed by atoms with van der Waals surface area (Å²) < 4.78 is 67.6. The molecule has 1 aliphatic carbocycles. The summed E-state index contributed by atoms with van der Waals surface area (Å²) in [5, 5.41) is 2.54. The van der Waals surface area contributed by atoms with E-state index >= 15 is 0 Å². The molecule has 1 aromatic rings. The summed E-state index contributed by atoms with van der Waals surface area (Å²) in [5.41, 5.74) is -6.85. The van der Waals surface area contributed by atoms with Gasteiger partial charge >= 0.3 is 21.6 Å². The van der Waals surface area contributed by atoms with Crippen molar-refractivity contribution in [3.05, 3.63) is 23.5 Å². The van der Waals surface area contributed by atoms with Gasteiger partial charge in [0.25, 0.3) is 5.91 Å². The van der Waals surface area contributed by atoms with E-state index in [1.54, 1.807) is 0 Å². The molecule has 1 saturated carbocycles. The number of methoxy groups -OCH3 is 1. The normalized spacial score (nSPS) is 14.7. The van der Waals surface area contributed by atoms with Crippen molar-refractivity contribution < 1.29 is 40.1 Å². The number of nitrogens with zero attached hydrogens (tertiary/aromatic N) is 1. The number of rotatable bonds is 6. The van der Waals surface area contributed by atoms with Crippen LogP contribution < -0.4 is 9.50 Å². The zero-order valence-electron chi connectivity index (χ0n) is 12.8. The molecule has 0 aliphatic heterocycles. The first kappa shape index (κ1) is 19.0. The minimum Gasteiger partial charge on any atom is -0.464 e. The molecule has 1 aromatic heterocycles. The van der Waals surface area contributed by atoms with Gasteiger partial charge in [-0.25, -0.2) is 9.78 Å². The Labute approximate surface area is 140 Å². The maximum atomic E-state index is 12.4. The van der Waals surface area contributed by atoms with Crippen LogP contribution in [0.1, 0.15) is 33.8 Å². The number of amides is 1. The predicted octanol–water partition coefficient (Wildman–Crippen LogP) is 1.24. The molecule has 138 valence electrons. The minimum absolute atomic E-state index is 0.294. The largest absolute Gasteiger partial charge is 0.534 e. The average molecular weight is 382 g/mol. The summed E-state index contributed by atoms with van der Waals surface area (Å²) in [7, 11) is -5.10. The Hall–Kier alpha value is -2.37. The molecule has 2 rings (SSSR count). The van der Waals surface area contributed by atoms with Crippen LogP contribution in [0.15, 0.2) is 12.1 Å². The van der Waals surface area contributed by atoms with Crippen molar-refractivity contribution in [1.82, 2.24) is 10.3 Å². The Kier molecular flexibility index (Phi) is 5.20. The average Bonchev–Trinajstić information content (AvgIpc) is 3.35. The van der Waals surface area contributed by atoms with Gasteiger partial charge in [0.15, 0.2) is 11.4 Å².